The predicted octanol–water partition coefficient (Wildman–Crippen LogP) is 3.55. The summed E-state index contributed by atoms with van der Waals surface area (Å²) in [5.41, 5.74) is 7.95. The normalized spacial score (nSPS) is 10.5. The van der Waals surface area contributed by atoms with Gasteiger partial charge in [0.2, 0.25) is 5.91 Å². The maximum absolute atomic E-state index is 11.2. The number of anilines is 1. The highest BCUT2D eigenvalue weighted by atomic mass is 16.1. The van der Waals surface area contributed by atoms with E-state index in [-0.39, 0.29) is 0 Å². The van der Waals surface area contributed by atoms with Crippen molar-refractivity contribution in [3.63, 3.8) is 0 Å². The maximum atomic E-state index is 11.2. The van der Waals surface area contributed by atoms with E-state index in [0.29, 0.717) is 12.1 Å². The second kappa shape index (κ2) is 5.67. The van der Waals surface area contributed by atoms with Crippen LogP contribution in [0.25, 0.3) is 10.8 Å². The molecule has 0 aliphatic carbocycles. The minimum atomic E-state index is -0.401. The fourth-order valence-electron chi connectivity index (χ4n) is 2.41. The lowest BCUT2D eigenvalue weighted by Gasteiger charge is -2.10. The Morgan fingerprint density at radius 1 is 0.952 bits per heavy atom. The zero-order valence-corrected chi connectivity index (χ0v) is 11.5. The van der Waals surface area contributed by atoms with Crippen molar-refractivity contribution >= 4 is 22.4 Å². The SMILES string of the molecule is NC(=O)c1cccc(CNc2cccc3ccccc23)c1. The van der Waals surface area contributed by atoms with Crippen LogP contribution >= 0.6 is 0 Å². The molecule has 3 N–H and O–H groups in total. The van der Waals surface area contributed by atoms with Crippen LogP contribution in [-0.2, 0) is 6.54 Å². The molecular weight excluding hydrogens is 260 g/mol. The largest absolute Gasteiger partial charge is 0.380 e. The van der Waals surface area contributed by atoms with E-state index in [1.165, 1.54) is 10.8 Å². The molecule has 3 nitrogen and oxygen atoms in total. The molecule has 3 rings (SSSR count). The minimum absolute atomic E-state index is 0.401. The van der Waals surface area contributed by atoms with Gasteiger partial charge in [-0.2, -0.15) is 0 Å². The molecule has 1 amide bonds. The smallest absolute Gasteiger partial charge is 0.248 e. The molecule has 0 saturated heterocycles. The zero-order valence-electron chi connectivity index (χ0n) is 11.5. The molecule has 0 spiro atoms. The summed E-state index contributed by atoms with van der Waals surface area (Å²) in [6.45, 7) is 0.648. The summed E-state index contributed by atoms with van der Waals surface area (Å²) in [7, 11) is 0. The fraction of sp³-hybridized carbons (Fsp3) is 0.0556. The highest BCUT2D eigenvalue weighted by molar-refractivity contribution is 5.94. The van der Waals surface area contributed by atoms with Gasteiger partial charge < -0.3 is 11.1 Å². The van der Waals surface area contributed by atoms with E-state index in [2.05, 4.69) is 29.6 Å². The van der Waals surface area contributed by atoms with E-state index >= 15 is 0 Å². The summed E-state index contributed by atoms with van der Waals surface area (Å²) in [5.74, 6) is -0.401. The summed E-state index contributed by atoms with van der Waals surface area (Å²) >= 11 is 0. The topological polar surface area (TPSA) is 55.1 Å². The molecule has 0 atom stereocenters. The number of carbonyl (C=O) groups excluding carboxylic acids is 1. The molecule has 0 aliphatic rings. The van der Waals surface area contributed by atoms with Crippen LogP contribution in [0.3, 0.4) is 0 Å². The Bertz CT molecular complexity index is 791. The first-order valence-corrected chi connectivity index (χ1v) is 6.84. The molecule has 0 bridgehead atoms. The highest BCUT2D eigenvalue weighted by Crippen LogP contribution is 2.23. The minimum Gasteiger partial charge on any atom is -0.380 e. The Morgan fingerprint density at radius 2 is 1.71 bits per heavy atom. The van der Waals surface area contributed by atoms with Crippen LogP contribution in [0.2, 0.25) is 0 Å². The molecule has 0 heterocycles. The number of nitrogens with one attached hydrogen (secondary N) is 1. The lowest BCUT2D eigenvalue weighted by Crippen LogP contribution is -2.11. The van der Waals surface area contributed by atoms with Gasteiger partial charge in [-0.05, 0) is 29.1 Å². The third-order valence-electron chi connectivity index (χ3n) is 3.48. The number of nitrogens with two attached hydrogens (primary N) is 1. The van der Waals surface area contributed by atoms with Crippen molar-refractivity contribution < 1.29 is 4.79 Å². The zero-order chi connectivity index (χ0) is 14.7. The van der Waals surface area contributed by atoms with Crippen molar-refractivity contribution in [3.05, 3.63) is 77.9 Å². The Balaban J connectivity index is 1.84. The van der Waals surface area contributed by atoms with E-state index in [1.807, 2.05) is 36.4 Å². The Kier molecular flexibility index (Phi) is 3.56. The first-order chi connectivity index (χ1) is 10.2. The van der Waals surface area contributed by atoms with E-state index < -0.39 is 5.91 Å². The summed E-state index contributed by atoms with van der Waals surface area (Å²) in [6, 6.07) is 21.8. The fourth-order valence-corrected chi connectivity index (χ4v) is 2.41. The average molecular weight is 276 g/mol. The molecule has 3 aromatic rings. The van der Waals surface area contributed by atoms with E-state index in [9.17, 15) is 4.79 Å². The number of hydrogen-bond acceptors (Lipinski definition) is 2. The molecular formula is C18H16N2O. The van der Waals surface area contributed by atoms with Gasteiger partial charge >= 0.3 is 0 Å². The lowest BCUT2D eigenvalue weighted by molar-refractivity contribution is 0.1000. The third-order valence-corrected chi connectivity index (χ3v) is 3.48. The molecule has 0 fully saturated rings. The highest BCUT2D eigenvalue weighted by Gasteiger charge is 2.03. The number of carbonyl (C=O) groups is 1. The molecule has 0 aliphatic heterocycles. The van der Waals surface area contributed by atoms with Gasteiger partial charge in [-0.15, -0.1) is 0 Å². The van der Waals surface area contributed by atoms with Crippen molar-refractivity contribution in [2.45, 2.75) is 6.54 Å². The maximum Gasteiger partial charge on any atom is 0.248 e. The van der Waals surface area contributed by atoms with Gasteiger partial charge in [0.15, 0.2) is 0 Å². The molecule has 0 radical (unpaired) electrons. The van der Waals surface area contributed by atoms with Crippen LogP contribution in [0.15, 0.2) is 66.7 Å². The second-order valence-electron chi connectivity index (χ2n) is 4.94. The Hall–Kier alpha value is -2.81. The second-order valence-corrected chi connectivity index (χ2v) is 4.94. The van der Waals surface area contributed by atoms with Gasteiger partial charge in [0.25, 0.3) is 0 Å². The molecule has 104 valence electrons. The number of rotatable bonds is 4. The number of hydrogen-bond donors (Lipinski definition) is 2. The lowest BCUT2D eigenvalue weighted by atomic mass is 10.1. The summed E-state index contributed by atoms with van der Waals surface area (Å²) in [6.07, 6.45) is 0. The Labute approximate surface area is 123 Å². The van der Waals surface area contributed by atoms with Crippen LogP contribution in [0, 0.1) is 0 Å². The number of amides is 1. The van der Waals surface area contributed by atoms with Crippen molar-refractivity contribution in [1.29, 1.82) is 0 Å². The Morgan fingerprint density at radius 3 is 2.57 bits per heavy atom. The van der Waals surface area contributed by atoms with Gasteiger partial charge in [-0.25, -0.2) is 0 Å². The van der Waals surface area contributed by atoms with Crippen LogP contribution in [0.1, 0.15) is 15.9 Å². The van der Waals surface area contributed by atoms with Crippen molar-refractivity contribution in [2.75, 3.05) is 5.32 Å². The summed E-state index contributed by atoms with van der Waals surface area (Å²) in [4.78, 5) is 11.2. The van der Waals surface area contributed by atoms with Gasteiger partial charge in [0, 0.05) is 23.2 Å². The number of primary amides is 1. The summed E-state index contributed by atoms with van der Waals surface area (Å²) in [5, 5.41) is 5.81. The van der Waals surface area contributed by atoms with Crippen LogP contribution in [-0.4, -0.2) is 5.91 Å². The van der Waals surface area contributed by atoms with Gasteiger partial charge in [-0.1, -0.05) is 48.5 Å². The summed E-state index contributed by atoms with van der Waals surface area (Å²) < 4.78 is 0. The predicted molar refractivity (Wildman–Crippen MR) is 86.2 cm³/mol. The van der Waals surface area contributed by atoms with E-state index in [4.69, 9.17) is 5.73 Å². The third kappa shape index (κ3) is 2.87. The molecule has 3 heteroatoms. The van der Waals surface area contributed by atoms with Crippen molar-refractivity contribution in [3.8, 4) is 0 Å². The molecule has 0 unspecified atom stereocenters. The number of fused-ring (bicyclic) bond motifs is 1. The first-order valence-electron chi connectivity index (χ1n) is 6.84. The van der Waals surface area contributed by atoms with Gasteiger partial charge in [0.05, 0.1) is 0 Å². The van der Waals surface area contributed by atoms with Gasteiger partial charge in [0.1, 0.15) is 0 Å². The molecule has 3 aromatic carbocycles. The van der Waals surface area contributed by atoms with Crippen LogP contribution in [0.4, 0.5) is 5.69 Å². The molecule has 0 aromatic heterocycles. The standard InChI is InChI=1S/C18H16N2O/c19-18(21)15-8-3-5-13(11-15)12-20-17-10-4-7-14-6-1-2-9-16(14)17/h1-11,20H,12H2,(H2,19,21). The first kappa shape index (κ1) is 13.2. The molecule has 21 heavy (non-hydrogen) atoms. The van der Waals surface area contributed by atoms with E-state index in [0.717, 1.165) is 11.3 Å². The average Bonchev–Trinajstić information content (AvgIpc) is 2.53. The number of benzene rings is 3. The quantitative estimate of drug-likeness (QED) is 0.765. The van der Waals surface area contributed by atoms with Crippen molar-refractivity contribution in [1.82, 2.24) is 0 Å². The van der Waals surface area contributed by atoms with Crippen LogP contribution in [0.5, 0.6) is 0 Å². The van der Waals surface area contributed by atoms with Crippen molar-refractivity contribution in [2.24, 2.45) is 5.73 Å². The van der Waals surface area contributed by atoms with E-state index in [1.54, 1.807) is 6.07 Å². The molecule has 0 saturated carbocycles. The monoisotopic (exact) mass is 276 g/mol. The van der Waals surface area contributed by atoms with Gasteiger partial charge in [-0.3, -0.25) is 4.79 Å². The van der Waals surface area contributed by atoms with Crippen LogP contribution < -0.4 is 11.1 Å².